The van der Waals surface area contributed by atoms with E-state index < -0.39 is 40.3 Å². The van der Waals surface area contributed by atoms with Crippen molar-refractivity contribution in [3.05, 3.63) is 71.3 Å². The summed E-state index contributed by atoms with van der Waals surface area (Å²) in [5, 5.41) is 35.3. The van der Waals surface area contributed by atoms with Gasteiger partial charge in [0.2, 0.25) is 5.75 Å². The van der Waals surface area contributed by atoms with Gasteiger partial charge in [0.1, 0.15) is 17.6 Å². The number of rotatable bonds is 7. The van der Waals surface area contributed by atoms with E-state index in [1.807, 2.05) is 0 Å². The average molecular weight is 1350 g/mol. The van der Waals surface area contributed by atoms with Crippen molar-refractivity contribution in [2.45, 2.75) is 42.0 Å². The summed E-state index contributed by atoms with van der Waals surface area (Å²) in [6, 6.07) is 3.77. The fourth-order valence-corrected chi connectivity index (χ4v) is 4.06. The maximum absolute atomic E-state index is 14.1. The number of hydrogen-bond acceptors (Lipinski definition) is 13. The molecule has 26 heteroatoms. The molecule has 13 nitrogen and oxygen atoms in total. The monoisotopic (exact) mass is 1350 g/mol. The van der Waals surface area contributed by atoms with Gasteiger partial charge in [-0.1, -0.05) is 24.9 Å². The number of halogens is 10. The summed E-state index contributed by atoms with van der Waals surface area (Å²) in [6.45, 7) is 7.90. The molecule has 0 amide bonds. The SMILES string of the molecule is BrB(Br)Br.C.C#CC#CC.COCCl.COc1cc(C=O)c(Br)c(F)c1OC(=O)C(C)(C)C.Cc1c(O)cc(C=O)c(Br)c1F.O=CO[O-].O=Cc1cc(O)c(O)c(F)c1Br.[H-].[K+].[K+]. The van der Waals surface area contributed by atoms with E-state index in [1.165, 1.54) is 26.2 Å². The first-order valence-corrected chi connectivity index (χ1v) is 20.8. The molecule has 0 saturated carbocycles. The van der Waals surface area contributed by atoms with E-state index >= 15 is 0 Å². The van der Waals surface area contributed by atoms with Crippen LogP contribution < -0.4 is 118 Å². The molecule has 0 heterocycles. The van der Waals surface area contributed by atoms with Crippen LogP contribution in [0.1, 0.15) is 73.2 Å². The van der Waals surface area contributed by atoms with Crippen LogP contribution in [0.3, 0.4) is 0 Å². The molecule has 0 aliphatic heterocycles. The summed E-state index contributed by atoms with van der Waals surface area (Å²) < 4.78 is 54.4. The molecule has 0 spiro atoms. The van der Waals surface area contributed by atoms with Crippen molar-refractivity contribution < 1.29 is 181 Å². The van der Waals surface area contributed by atoms with E-state index in [9.17, 15) is 32.3 Å². The Morgan fingerprint density at radius 2 is 1.24 bits per heavy atom. The predicted octanol–water partition coefficient (Wildman–Crippen LogP) is 4.41. The molecule has 0 fully saturated rings. The second-order valence-corrected chi connectivity index (χ2v) is 19.7. The molecule has 0 aliphatic carbocycles. The zero-order valence-corrected chi connectivity index (χ0v) is 50.6. The predicted molar refractivity (Wildman–Crippen MR) is 247 cm³/mol. The van der Waals surface area contributed by atoms with Crippen molar-refractivity contribution in [3.8, 4) is 52.9 Å². The van der Waals surface area contributed by atoms with Gasteiger partial charge in [0.15, 0.2) is 47.7 Å². The number of alkyl halides is 1. The fourth-order valence-electron chi connectivity index (χ4n) is 2.77. The maximum atomic E-state index is 14.1. The number of carbonyl (C=O) groups is 5. The summed E-state index contributed by atoms with van der Waals surface area (Å²) in [5.41, 5.74) is -0.524. The smallest absolute Gasteiger partial charge is 1.00 e. The first-order valence-electron chi connectivity index (χ1n) is 15.1. The molecule has 3 N–H and O–H groups in total. The first kappa shape index (κ1) is 77.4. The van der Waals surface area contributed by atoms with E-state index in [2.05, 4.69) is 122 Å². The van der Waals surface area contributed by atoms with Gasteiger partial charge in [0.25, 0.3) is 6.47 Å². The number of benzene rings is 3. The van der Waals surface area contributed by atoms with E-state index in [-0.39, 0.29) is 174 Å². The number of carbonyl (C=O) groups excluding carboxylic acids is 5. The molecule has 0 atom stereocenters. The Labute approximate surface area is 506 Å². The largest absolute Gasteiger partial charge is 1.00 e. The zero-order chi connectivity index (χ0) is 47.9. The number of hydrogen-bond donors (Lipinski definition) is 3. The molecule has 0 aliphatic rings. The Morgan fingerprint density at radius 3 is 1.54 bits per heavy atom. The number of methoxy groups -OCH3 is 2. The first-order chi connectivity index (χ1) is 27.8. The summed E-state index contributed by atoms with van der Waals surface area (Å²) in [6.07, 6.45) is 6.04. The third kappa shape index (κ3) is 33.3. The third-order valence-corrected chi connectivity index (χ3v) is 8.19. The number of esters is 1. The standard InChI is InChI=1S/C13H14BrFO4.C8H6BrFO2.C7H4BrFO3.C5H4.C2H5ClO.CH2O3.CH4.BBr3.2K.H/c1-13(2,3)12(17)19-11-8(18-4)5-7(6-16)9(14)10(11)15;1-4-6(12)2-5(3-11)7(9)8(4)10;8-5-3(2-10)1-4(11)7(12)6(5)9;1-3-5-4-2;1-4-2-3;2-1-4-3;;2-1(3)4;;;/h5-6H,1-4H3;2-3,12H,1H3;1-2,11-12H;1H,2H3;2H2,1H3;1,3H;1H4;;;;/q;;;;;;;;2*+1;-1/p-1. The summed E-state index contributed by atoms with van der Waals surface area (Å²) in [4.78, 5) is 54.4. The van der Waals surface area contributed by atoms with Gasteiger partial charge in [-0.2, -0.15) is 0 Å². The minimum atomic E-state index is -1.04. The number of aromatic hydroxyl groups is 3. The van der Waals surface area contributed by atoms with Gasteiger partial charge in [-0.05, 0) is 112 Å². The molecule has 3 rings (SSSR count). The van der Waals surface area contributed by atoms with Crippen molar-refractivity contribution in [1.82, 2.24) is 0 Å². The van der Waals surface area contributed by atoms with Crippen LogP contribution in [0.5, 0.6) is 28.7 Å². The van der Waals surface area contributed by atoms with Gasteiger partial charge in [0.05, 0.1) is 25.9 Å². The molecule has 0 saturated heterocycles. The number of ether oxygens (including phenoxy) is 3. The Hall–Kier alpha value is 0.148. The molecular formula is C37H39BBr6ClF3K2O13. The minimum absolute atomic E-state index is 0. The van der Waals surface area contributed by atoms with Crippen LogP contribution in [0, 0.1) is 54.0 Å². The van der Waals surface area contributed by atoms with Crippen LogP contribution in [0.15, 0.2) is 31.6 Å². The van der Waals surface area contributed by atoms with E-state index in [4.69, 9.17) is 52.9 Å². The maximum Gasteiger partial charge on any atom is 1.00 e. The number of terminal acetylenes is 1. The molecule has 63 heavy (non-hydrogen) atoms. The molecule has 0 unspecified atom stereocenters. The van der Waals surface area contributed by atoms with Crippen molar-refractivity contribution in [1.29, 1.82) is 0 Å². The Bertz CT molecular complexity index is 1920. The van der Waals surface area contributed by atoms with Gasteiger partial charge in [-0.3, -0.25) is 24.0 Å². The van der Waals surface area contributed by atoms with E-state index in [0.717, 1.165) is 6.07 Å². The third-order valence-electron chi connectivity index (χ3n) is 5.55. The Morgan fingerprint density at radius 1 is 0.873 bits per heavy atom. The number of phenolic OH excluding ortho intramolecular Hbond substituents is 3. The fraction of sp³-hybridized carbons (Fsp3) is 0.270. The van der Waals surface area contributed by atoms with Gasteiger partial charge in [-0.25, -0.2) is 13.2 Å². The normalized spacial score (nSPS) is 8.59. The van der Waals surface area contributed by atoms with Gasteiger partial charge in [-0.15, -0.1) is 53.7 Å². The Balaban J connectivity index is -0.000000103. The summed E-state index contributed by atoms with van der Waals surface area (Å²) >= 11 is 22.9. The molecule has 3 aromatic carbocycles. The molecule has 340 valence electrons. The van der Waals surface area contributed by atoms with Crippen LogP contribution in [-0.4, -0.2) is 70.1 Å². The van der Waals surface area contributed by atoms with Crippen LogP contribution in [0.4, 0.5) is 13.2 Å². The Kier molecular flexibility index (Phi) is 54.8. The minimum Gasteiger partial charge on any atom is -1.00 e. The topological polar surface area (TPSA) is 206 Å². The molecule has 0 radical (unpaired) electrons. The van der Waals surface area contributed by atoms with Gasteiger partial charge >= 0.3 is 112 Å². The summed E-state index contributed by atoms with van der Waals surface area (Å²) in [7, 11) is 2.85. The van der Waals surface area contributed by atoms with Crippen molar-refractivity contribution in [3.63, 3.8) is 0 Å². The van der Waals surface area contributed by atoms with Crippen molar-refractivity contribution in [2.24, 2.45) is 5.41 Å². The zero-order valence-electron chi connectivity index (χ0n) is 35.1. The molecule has 0 bridgehead atoms. The second-order valence-electron chi connectivity index (χ2n) is 10.7. The van der Waals surface area contributed by atoms with Crippen LogP contribution in [0.25, 0.3) is 0 Å². The summed E-state index contributed by atoms with van der Waals surface area (Å²) in [5.74, 6) is 1.90. The molecular weight excluding hydrogens is 1310 g/mol. The average Bonchev–Trinajstić information content (AvgIpc) is 3.21. The van der Waals surface area contributed by atoms with Crippen LogP contribution in [-0.2, 0) is 19.2 Å². The second kappa shape index (κ2) is 44.6. The van der Waals surface area contributed by atoms with Crippen molar-refractivity contribution >= 4 is 141 Å². The van der Waals surface area contributed by atoms with Gasteiger partial charge in [0, 0.05) is 29.4 Å². The number of aldehydes is 3. The van der Waals surface area contributed by atoms with Crippen molar-refractivity contribution in [2.75, 3.05) is 20.3 Å². The molecule has 0 aromatic heterocycles. The van der Waals surface area contributed by atoms with E-state index in [0.29, 0.717) is 24.9 Å². The van der Waals surface area contributed by atoms with Crippen LogP contribution in [0.2, 0.25) is 0 Å². The molecule has 3 aromatic rings. The number of phenols is 3. The van der Waals surface area contributed by atoms with Gasteiger partial charge < -0.3 is 41.1 Å². The quantitative estimate of drug-likeness (QED) is 0.0346. The van der Waals surface area contributed by atoms with Crippen LogP contribution >= 0.6 is 107 Å². The van der Waals surface area contributed by atoms with E-state index in [1.54, 1.807) is 34.8 Å².